The molecule has 1 rings (SSSR count). The van der Waals surface area contributed by atoms with Crippen molar-refractivity contribution in [2.75, 3.05) is 0 Å². The Morgan fingerprint density at radius 1 is 1.36 bits per heavy atom. The number of aliphatic carboxylic acids is 1. The predicted octanol–water partition coefficient (Wildman–Crippen LogP) is 2.78. The molecule has 0 aliphatic heterocycles. The molecule has 2 nitrogen and oxygen atoms in total. The highest BCUT2D eigenvalue weighted by atomic mass is 19.1. The minimum absolute atomic E-state index is 0.163. The first-order chi connectivity index (χ1) is 6.54. The van der Waals surface area contributed by atoms with Crippen molar-refractivity contribution < 1.29 is 14.3 Å². The van der Waals surface area contributed by atoms with Gasteiger partial charge >= 0.3 is 5.97 Å². The summed E-state index contributed by atoms with van der Waals surface area (Å²) in [5.41, 5.74) is 1.66. The number of halogens is 1. The fourth-order valence-electron chi connectivity index (χ4n) is 1.27. The highest BCUT2D eigenvalue weighted by Crippen LogP contribution is 2.22. The van der Waals surface area contributed by atoms with Gasteiger partial charge in [-0.3, -0.25) is 0 Å². The topological polar surface area (TPSA) is 37.3 Å². The van der Waals surface area contributed by atoms with Crippen LogP contribution in [0.25, 0.3) is 5.57 Å². The first kappa shape index (κ1) is 10.4. The second-order valence-corrected chi connectivity index (χ2v) is 3.06. The molecule has 1 aromatic rings. The van der Waals surface area contributed by atoms with Crippen LogP contribution in [-0.2, 0) is 4.79 Å². The van der Waals surface area contributed by atoms with Crippen LogP contribution in [0.15, 0.2) is 30.1 Å². The molecule has 3 heteroatoms. The Morgan fingerprint density at radius 3 is 2.43 bits per heavy atom. The number of carbonyl (C=O) groups is 1. The summed E-state index contributed by atoms with van der Waals surface area (Å²) in [7, 11) is 0. The summed E-state index contributed by atoms with van der Waals surface area (Å²) in [6.07, 6.45) is 0. The molecule has 0 saturated carbocycles. The third-order valence-corrected chi connectivity index (χ3v) is 2.07. The van der Waals surface area contributed by atoms with Gasteiger partial charge in [0.2, 0.25) is 5.83 Å². The molecular weight excluding hydrogens is 183 g/mol. The van der Waals surface area contributed by atoms with E-state index in [0.29, 0.717) is 5.56 Å². The molecule has 0 unspecified atom stereocenters. The molecule has 74 valence electrons. The summed E-state index contributed by atoms with van der Waals surface area (Å²) in [5, 5.41) is 8.47. The Hall–Kier alpha value is -1.64. The Bertz CT molecular complexity index is 394. The lowest BCUT2D eigenvalue weighted by molar-refractivity contribution is -0.134. The van der Waals surface area contributed by atoms with Gasteiger partial charge in [-0.05, 0) is 30.5 Å². The zero-order chi connectivity index (χ0) is 10.7. The van der Waals surface area contributed by atoms with Crippen molar-refractivity contribution in [2.45, 2.75) is 13.8 Å². The maximum atomic E-state index is 13.1. The predicted molar refractivity (Wildman–Crippen MR) is 52.5 cm³/mol. The number of hydrogen-bond donors (Lipinski definition) is 1. The molecule has 0 aliphatic rings. The molecular formula is C11H11FO2. The van der Waals surface area contributed by atoms with Gasteiger partial charge in [0.25, 0.3) is 0 Å². The number of hydrogen-bond acceptors (Lipinski definition) is 1. The van der Waals surface area contributed by atoms with Crippen LogP contribution in [0, 0.1) is 6.92 Å². The lowest BCUT2D eigenvalue weighted by atomic mass is 10.0. The van der Waals surface area contributed by atoms with E-state index in [-0.39, 0.29) is 5.57 Å². The first-order valence-corrected chi connectivity index (χ1v) is 4.19. The molecule has 0 heterocycles. The Balaban J connectivity index is 3.25. The van der Waals surface area contributed by atoms with E-state index >= 15 is 0 Å². The molecule has 14 heavy (non-hydrogen) atoms. The van der Waals surface area contributed by atoms with Gasteiger partial charge in [-0.15, -0.1) is 0 Å². The molecule has 0 spiro atoms. The SMILES string of the molecule is CC(=C(F)C(=O)O)c1ccccc1C. The van der Waals surface area contributed by atoms with Crippen LogP contribution in [0.4, 0.5) is 4.39 Å². The molecule has 0 aliphatic carbocycles. The molecule has 0 fully saturated rings. The van der Waals surface area contributed by atoms with Crippen molar-refractivity contribution in [3.8, 4) is 0 Å². The van der Waals surface area contributed by atoms with Gasteiger partial charge in [0.15, 0.2) is 0 Å². The molecule has 0 aromatic heterocycles. The summed E-state index contributed by atoms with van der Waals surface area (Å²) >= 11 is 0. The minimum atomic E-state index is -1.52. The first-order valence-electron chi connectivity index (χ1n) is 4.19. The number of benzene rings is 1. The van der Waals surface area contributed by atoms with Gasteiger partial charge in [0.1, 0.15) is 0 Å². The molecule has 1 aromatic carbocycles. The standard InChI is InChI=1S/C11H11FO2/c1-7-5-3-4-6-9(7)8(2)10(12)11(13)14/h3-6H,1-2H3,(H,13,14). The lowest BCUT2D eigenvalue weighted by Gasteiger charge is -2.05. The highest BCUT2D eigenvalue weighted by molar-refractivity contribution is 5.93. The molecule has 0 amide bonds. The van der Waals surface area contributed by atoms with E-state index in [2.05, 4.69) is 0 Å². The van der Waals surface area contributed by atoms with Crippen molar-refractivity contribution in [1.82, 2.24) is 0 Å². The fraction of sp³-hybridized carbons (Fsp3) is 0.182. The van der Waals surface area contributed by atoms with Gasteiger partial charge in [-0.2, -0.15) is 4.39 Å². The van der Waals surface area contributed by atoms with Crippen LogP contribution >= 0.6 is 0 Å². The zero-order valence-electron chi connectivity index (χ0n) is 8.04. The quantitative estimate of drug-likeness (QED) is 0.735. The van der Waals surface area contributed by atoms with Crippen molar-refractivity contribution in [2.24, 2.45) is 0 Å². The lowest BCUT2D eigenvalue weighted by Crippen LogP contribution is -1.98. The fourth-order valence-corrected chi connectivity index (χ4v) is 1.27. The third kappa shape index (κ3) is 1.99. The molecule has 0 atom stereocenters. The maximum Gasteiger partial charge on any atom is 0.365 e. The van der Waals surface area contributed by atoms with E-state index in [1.807, 2.05) is 19.1 Å². The van der Waals surface area contributed by atoms with Crippen molar-refractivity contribution in [3.63, 3.8) is 0 Å². The van der Waals surface area contributed by atoms with E-state index in [1.54, 1.807) is 12.1 Å². The van der Waals surface area contributed by atoms with Crippen molar-refractivity contribution in [1.29, 1.82) is 0 Å². The number of aryl methyl sites for hydroxylation is 1. The van der Waals surface area contributed by atoms with Crippen molar-refractivity contribution >= 4 is 11.5 Å². The largest absolute Gasteiger partial charge is 0.476 e. The summed E-state index contributed by atoms with van der Waals surface area (Å²) < 4.78 is 13.1. The maximum absolute atomic E-state index is 13.1. The van der Waals surface area contributed by atoms with E-state index < -0.39 is 11.8 Å². The average Bonchev–Trinajstić information content (AvgIpc) is 2.16. The number of carboxylic acid groups (broad SMARTS) is 1. The average molecular weight is 194 g/mol. The molecule has 0 bridgehead atoms. The van der Waals surface area contributed by atoms with Gasteiger partial charge in [-0.25, -0.2) is 4.79 Å². The van der Waals surface area contributed by atoms with Crippen LogP contribution in [0.2, 0.25) is 0 Å². The van der Waals surface area contributed by atoms with Crippen LogP contribution in [0.5, 0.6) is 0 Å². The van der Waals surface area contributed by atoms with Gasteiger partial charge in [-0.1, -0.05) is 24.3 Å². The highest BCUT2D eigenvalue weighted by Gasteiger charge is 2.12. The number of rotatable bonds is 2. The Morgan fingerprint density at radius 2 is 1.93 bits per heavy atom. The van der Waals surface area contributed by atoms with E-state index in [1.165, 1.54) is 6.92 Å². The van der Waals surface area contributed by atoms with Gasteiger partial charge in [0, 0.05) is 0 Å². The van der Waals surface area contributed by atoms with E-state index in [4.69, 9.17) is 5.11 Å². The van der Waals surface area contributed by atoms with Crippen molar-refractivity contribution in [3.05, 3.63) is 41.2 Å². The second-order valence-electron chi connectivity index (χ2n) is 3.06. The van der Waals surface area contributed by atoms with Crippen LogP contribution in [-0.4, -0.2) is 11.1 Å². The normalized spacial score (nSPS) is 12.2. The number of allylic oxidation sites excluding steroid dienone is 1. The number of carboxylic acids is 1. The van der Waals surface area contributed by atoms with E-state index in [9.17, 15) is 9.18 Å². The smallest absolute Gasteiger partial charge is 0.365 e. The molecule has 0 saturated heterocycles. The Labute approximate surface area is 81.7 Å². The van der Waals surface area contributed by atoms with Gasteiger partial charge in [0.05, 0.1) is 0 Å². The zero-order valence-corrected chi connectivity index (χ0v) is 8.04. The summed E-state index contributed by atoms with van der Waals surface area (Å²) in [4.78, 5) is 10.4. The summed E-state index contributed by atoms with van der Waals surface area (Å²) in [5.74, 6) is -2.62. The van der Waals surface area contributed by atoms with Crippen LogP contribution in [0.3, 0.4) is 0 Å². The van der Waals surface area contributed by atoms with Crippen LogP contribution in [0.1, 0.15) is 18.1 Å². The second kappa shape index (κ2) is 4.05. The minimum Gasteiger partial charge on any atom is -0.476 e. The Kier molecular flexibility index (Phi) is 3.02. The molecule has 0 radical (unpaired) electrons. The van der Waals surface area contributed by atoms with Gasteiger partial charge < -0.3 is 5.11 Å². The summed E-state index contributed by atoms with van der Waals surface area (Å²) in [6.45, 7) is 3.28. The van der Waals surface area contributed by atoms with E-state index in [0.717, 1.165) is 5.56 Å². The molecule has 1 N–H and O–H groups in total. The monoisotopic (exact) mass is 194 g/mol. The van der Waals surface area contributed by atoms with Crippen LogP contribution < -0.4 is 0 Å². The third-order valence-electron chi connectivity index (χ3n) is 2.07. The summed E-state index contributed by atoms with van der Waals surface area (Å²) in [6, 6.07) is 7.09.